The lowest BCUT2D eigenvalue weighted by molar-refractivity contribution is -0.443. The van der Waals surface area contributed by atoms with Crippen LogP contribution < -0.4 is 0 Å². The van der Waals surface area contributed by atoms with Gasteiger partial charge in [0, 0.05) is 36.2 Å². The molecule has 10 nitrogen and oxygen atoms in total. The fraction of sp³-hybridized carbons (Fsp3) is 0.655. The minimum atomic E-state index is -2.29. The Labute approximate surface area is 225 Å². The van der Waals surface area contributed by atoms with Gasteiger partial charge in [0.2, 0.25) is 0 Å². The number of Topliss-reactive ketones (excluding diaryl/α,β-unsaturated/α-hetero) is 1. The molecule has 0 aromatic heterocycles. The smallest absolute Gasteiger partial charge is 0.314 e. The monoisotopic (exact) mass is 542 g/mol. The van der Waals surface area contributed by atoms with Crippen LogP contribution in [-0.4, -0.2) is 80.5 Å². The van der Waals surface area contributed by atoms with Crippen LogP contribution in [0.15, 0.2) is 42.5 Å². The second kappa shape index (κ2) is 7.55. The van der Waals surface area contributed by atoms with Crippen molar-refractivity contribution >= 4 is 11.8 Å². The number of ketones is 1. The average molecular weight is 543 g/mol. The van der Waals surface area contributed by atoms with Crippen molar-refractivity contribution < 1.29 is 48.6 Å². The third kappa shape index (κ3) is 2.63. The highest BCUT2D eigenvalue weighted by Crippen LogP contribution is 2.74. The van der Waals surface area contributed by atoms with Crippen LogP contribution in [0.1, 0.15) is 39.7 Å². The van der Waals surface area contributed by atoms with Crippen molar-refractivity contribution in [1.29, 1.82) is 0 Å². The molecule has 13 atom stereocenters. The van der Waals surface area contributed by atoms with Crippen molar-refractivity contribution in [3.63, 3.8) is 0 Å². The van der Waals surface area contributed by atoms with Gasteiger partial charge in [-0.3, -0.25) is 9.59 Å². The average Bonchev–Trinajstić information content (AvgIpc) is 3.53. The first-order chi connectivity index (χ1) is 18.4. The van der Waals surface area contributed by atoms with Crippen LogP contribution in [0.2, 0.25) is 0 Å². The number of carbonyl (C=O) groups is 2. The Morgan fingerprint density at radius 3 is 2.44 bits per heavy atom. The minimum absolute atomic E-state index is 0.200. The van der Waals surface area contributed by atoms with Crippen molar-refractivity contribution in [2.24, 2.45) is 23.7 Å². The Balaban J connectivity index is 1.55. The molecule has 6 aliphatic rings. The molecule has 10 heteroatoms. The number of hydrogen-bond donors (Lipinski definition) is 3. The summed E-state index contributed by atoms with van der Waals surface area (Å²) in [6, 6.07) is 9.06. The van der Waals surface area contributed by atoms with Gasteiger partial charge in [0.25, 0.3) is 0 Å². The number of aliphatic hydroxyl groups is 3. The van der Waals surface area contributed by atoms with Crippen molar-refractivity contribution in [3.05, 3.63) is 48.0 Å². The van der Waals surface area contributed by atoms with E-state index in [0.29, 0.717) is 11.1 Å². The zero-order chi connectivity index (χ0) is 27.9. The van der Waals surface area contributed by atoms with Crippen LogP contribution in [0.25, 0.3) is 0 Å². The summed E-state index contributed by atoms with van der Waals surface area (Å²) in [5, 5.41) is 34.5. The topological polar surface area (TPSA) is 144 Å². The first-order valence-electron chi connectivity index (χ1n) is 13.6. The van der Waals surface area contributed by atoms with Crippen molar-refractivity contribution in [2.75, 3.05) is 6.61 Å². The van der Waals surface area contributed by atoms with Crippen LogP contribution in [0.5, 0.6) is 0 Å². The maximum Gasteiger partial charge on any atom is 0.314 e. The third-order valence-corrected chi connectivity index (χ3v) is 10.6. The van der Waals surface area contributed by atoms with E-state index in [4.69, 9.17) is 23.7 Å². The normalized spacial score (nSPS) is 54.4. The molecule has 3 aliphatic heterocycles. The van der Waals surface area contributed by atoms with Gasteiger partial charge < -0.3 is 39.0 Å². The minimum Gasteiger partial charge on any atom is -0.459 e. The molecule has 6 fully saturated rings. The standard InChI is InChI=1S/C29H34O10/c1-13(2)27-21(35-16(5)31)15(4)28-18-11-14(3)20(32)26(18,34)24(33)25(12-30)22(36-25)19(28)23(27)37-29(38-27,39-28)17-9-7-6-8-10-17/h6-10,14-15,18-19,21-24,30,33-34H,1,11-12H2,2-5H3/t14-,15+,18+,19-,21+,22+,23+,24+,25+,26+,27-,28-,29?/m0/s1. The highest BCUT2D eigenvalue weighted by Gasteiger charge is 2.91. The molecule has 39 heavy (non-hydrogen) atoms. The molecule has 3 aliphatic carbocycles. The lowest BCUT2D eigenvalue weighted by Crippen LogP contribution is -2.76. The Kier molecular flexibility index (Phi) is 4.99. The molecule has 7 rings (SSSR count). The first-order valence-corrected chi connectivity index (χ1v) is 13.6. The Morgan fingerprint density at radius 2 is 1.82 bits per heavy atom. The molecule has 1 aromatic carbocycles. The van der Waals surface area contributed by atoms with Gasteiger partial charge in [-0.25, -0.2) is 0 Å². The van der Waals surface area contributed by atoms with Gasteiger partial charge >= 0.3 is 11.9 Å². The Morgan fingerprint density at radius 1 is 1.13 bits per heavy atom. The number of esters is 1. The zero-order valence-corrected chi connectivity index (χ0v) is 22.3. The van der Waals surface area contributed by atoms with Crippen LogP contribution in [0.3, 0.4) is 0 Å². The van der Waals surface area contributed by atoms with Crippen molar-refractivity contribution in [3.8, 4) is 0 Å². The molecule has 3 saturated carbocycles. The van der Waals surface area contributed by atoms with Crippen LogP contribution in [0.4, 0.5) is 0 Å². The molecule has 0 amide bonds. The van der Waals surface area contributed by atoms with Gasteiger partial charge in [-0.2, -0.15) is 0 Å². The lowest BCUT2D eigenvalue weighted by Gasteiger charge is -2.61. The maximum atomic E-state index is 13.7. The number of aliphatic hydroxyl groups excluding tert-OH is 2. The van der Waals surface area contributed by atoms with Gasteiger partial charge in [-0.1, -0.05) is 50.8 Å². The summed E-state index contributed by atoms with van der Waals surface area (Å²) >= 11 is 0. The number of epoxide rings is 1. The zero-order valence-electron chi connectivity index (χ0n) is 22.3. The summed E-state index contributed by atoms with van der Waals surface area (Å²) in [5.74, 6) is -5.81. The number of hydrogen-bond acceptors (Lipinski definition) is 10. The fourth-order valence-corrected chi connectivity index (χ4v) is 8.94. The van der Waals surface area contributed by atoms with E-state index in [0.717, 1.165) is 0 Å². The number of fused-ring (bicyclic) bond motifs is 3. The van der Waals surface area contributed by atoms with Crippen LogP contribution >= 0.6 is 0 Å². The third-order valence-electron chi connectivity index (χ3n) is 10.6. The Bertz CT molecular complexity index is 1280. The summed E-state index contributed by atoms with van der Waals surface area (Å²) in [6.45, 7) is 10.2. The summed E-state index contributed by atoms with van der Waals surface area (Å²) < 4.78 is 32.7. The van der Waals surface area contributed by atoms with Gasteiger partial charge in [0.05, 0.1) is 12.2 Å². The van der Waals surface area contributed by atoms with Crippen LogP contribution in [-0.2, 0) is 39.2 Å². The molecule has 1 unspecified atom stereocenters. The molecule has 3 saturated heterocycles. The predicted octanol–water partition coefficient (Wildman–Crippen LogP) is 0.954. The molecule has 1 aromatic rings. The molecule has 0 radical (unpaired) electrons. The summed E-state index contributed by atoms with van der Waals surface area (Å²) in [7, 11) is 0. The summed E-state index contributed by atoms with van der Waals surface area (Å²) in [4.78, 5) is 26.2. The van der Waals surface area contributed by atoms with E-state index < -0.39 is 94.8 Å². The highest BCUT2D eigenvalue weighted by molar-refractivity contribution is 5.93. The number of rotatable bonds is 4. The second-order valence-corrected chi connectivity index (χ2v) is 12.4. The SMILES string of the molecule is C=C(C)[C@@]12OC3(c4ccccc4)O[C@@H]1[C@@H]1[C@H]4O[C@@]4(CO)[C@@H](O)[C@]4(O)C(=O)[C@@H](C)C[C@H]4[C@@]1(O3)[C@H](C)[C@H]2OC(C)=O. The van der Waals surface area contributed by atoms with E-state index >= 15 is 0 Å². The van der Waals surface area contributed by atoms with Gasteiger partial charge in [0.1, 0.15) is 30.0 Å². The number of benzene rings is 1. The lowest BCUT2D eigenvalue weighted by atomic mass is 9.52. The summed E-state index contributed by atoms with van der Waals surface area (Å²) in [6.07, 6.45) is -4.18. The van der Waals surface area contributed by atoms with Gasteiger partial charge in [0.15, 0.2) is 17.0 Å². The van der Waals surface area contributed by atoms with Crippen LogP contribution in [0, 0.1) is 23.7 Å². The van der Waals surface area contributed by atoms with Gasteiger partial charge in [-0.05, 0) is 18.9 Å². The van der Waals surface area contributed by atoms with E-state index in [1.54, 1.807) is 26.0 Å². The van der Waals surface area contributed by atoms with Crippen molar-refractivity contribution in [2.45, 2.75) is 86.9 Å². The second-order valence-electron chi connectivity index (χ2n) is 12.4. The van der Waals surface area contributed by atoms with E-state index in [1.165, 1.54) is 6.92 Å². The van der Waals surface area contributed by atoms with E-state index in [1.807, 2.05) is 25.1 Å². The molecular weight excluding hydrogens is 508 g/mol. The quantitative estimate of drug-likeness (QED) is 0.286. The molecular formula is C29H34O10. The first kappa shape index (κ1) is 25.8. The molecule has 3 bridgehead atoms. The molecule has 210 valence electrons. The fourth-order valence-electron chi connectivity index (χ4n) is 8.94. The maximum absolute atomic E-state index is 13.7. The number of ether oxygens (including phenoxy) is 5. The van der Waals surface area contributed by atoms with E-state index in [9.17, 15) is 24.9 Å². The highest BCUT2D eigenvalue weighted by atomic mass is 16.9. The number of carbonyl (C=O) groups excluding carboxylic acids is 2. The molecule has 3 heterocycles. The molecule has 3 N–H and O–H groups in total. The predicted molar refractivity (Wildman–Crippen MR) is 132 cm³/mol. The largest absolute Gasteiger partial charge is 0.459 e. The van der Waals surface area contributed by atoms with Crippen molar-refractivity contribution in [1.82, 2.24) is 0 Å². The van der Waals surface area contributed by atoms with Gasteiger partial charge in [-0.15, -0.1) is 0 Å². The molecule has 0 spiro atoms. The van der Waals surface area contributed by atoms with E-state index in [2.05, 4.69) is 6.58 Å². The van der Waals surface area contributed by atoms with E-state index in [-0.39, 0.29) is 6.42 Å². The summed E-state index contributed by atoms with van der Waals surface area (Å²) in [5.41, 5.74) is -5.63. The Hall–Kier alpha value is -2.18.